The Labute approximate surface area is 97.6 Å². The van der Waals surface area contributed by atoms with Gasteiger partial charge in [-0.2, -0.15) is 0 Å². The number of allylic oxidation sites excluding steroid dienone is 3. The summed E-state index contributed by atoms with van der Waals surface area (Å²) in [7, 11) is 0. The van der Waals surface area contributed by atoms with Gasteiger partial charge < -0.3 is 10.4 Å². The second-order valence-corrected chi connectivity index (χ2v) is 2.66. The van der Waals surface area contributed by atoms with Gasteiger partial charge in [-0.15, -0.1) is 11.8 Å². The van der Waals surface area contributed by atoms with Gasteiger partial charge in [0.05, 0.1) is 0 Å². The van der Waals surface area contributed by atoms with Gasteiger partial charge in [0.2, 0.25) is 0 Å². The summed E-state index contributed by atoms with van der Waals surface area (Å²) in [4.78, 5) is 10.1. The van der Waals surface area contributed by atoms with E-state index in [2.05, 4.69) is 30.3 Å². The highest BCUT2D eigenvalue weighted by Crippen LogP contribution is 2.00. The molecule has 0 aromatic heterocycles. The predicted octanol–water partition coefficient (Wildman–Crippen LogP) is 2.97. The highest BCUT2D eigenvalue weighted by atomic mass is 16.4. The van der Waals surface area contributed by atoms with Crippen LogP contribution in [-0.4, -0.2) is 17.7 Å². The smallest absolute Gasteiger partial charge is 0.404 e. The normalized spacial score (nSPS) is 8.75. The summed E-state index contributed by atoms with van der Waals surface area (Å²) in [6.07, 6.45) is 4.78. The number of amides is 1. The van der Waals surface area contributed by atoms with Gasteiger partial charge in [-0.25, -0.2) is 4.79 Å². The Kier molecular flexibility index (Phi) is 13.4. The molecule has 0 saturated carbocycles. The van der Waals surface area contributed by atoms with E-state index in [1.807, 2.05) is 13.8 Å². The van der Waals surface area contributed by atoms with Gasteiger partial charge in [0, 0.05) is 6.54 Å². The van der Waals surface area contributed by atoms with Crippen molar-refractivity contribution in [2.24, 2.45) is 0 Å². The van der Waals surface area contributed by atoms with E-state index in [9.17, 15) is 4.79 Å². The minimum absolute atomic E-state index is 0.404. The third kappa shape index (κ3) is 14.6. The molecule has 0 rings (SSSR count). The molecule has 0 aromatic carbocycles. The first-order valence-electron chi connectivity index (χ1n) is 4.86. The molecule has 1 amide bonds. The van der Waals surface area contributed by atoms with Crippen LogP contribution in [0.1, 0.15) is 20.3 Å². The number of carboxylic acid groups (broad SMARTS) is 1. The van der Waals surface area contributed by atoms with Gasteiger partial charge in [0.25, 0.3) is 0 Å². The Hall–Kier alpha value is -1.95. The van der Waals surface area contributed by atoms with Crippen molar-refractivity contribution in [3.05, 3.63) is 37.0 Å². The second-order valence-electron chi connectivity index (χ2n) is 2.66. The Balaban J connectivity index is 0. The lowest BCUT2D eigenvalue weighted by molar-refractivity contribution is 0.194. The van der Waals surface area contributed by atoms with Gasteiger partial charge >= 0.3 is 6.09 Å². The van der Waals surface area contributed by atoms with Crippen LogP contribution in [-0.2, 0) is 0 Å². The van der Waals surface area contributed by atoms with Crippen LogP contribution in [0.5, 0.6) is 0 Å². The van der Waals surface area contributed by atoms with Crippen molar-refractivity contribution in [2.75, 3.05) is 6.54 Å². The molecule has 0 aliphatic rings. The van der Waals surface area contributed by atoms with Crippen LogP contribution in [0.25, 0.3) is 0 Å². The third-order valence-electron chi connectivity index (χ3n) is 1.53. The zero-order chi connectivity index (χ0) is 12.8. The van der Waals surface area contributed by atoms with E-state index in [0.717, 1.165) is 5.57 Å². The van der Waals surface area contributed by atoms with Crippen LogP contribution < -0.4 is 5.32 Å². The van der Waals surface area contributed by atoms with Crippen molar-refractivity contribution in [1.29, 1.82) is 0 Å². The molecule has 3 nitrogen and oxygen atoms in total. The average molecular weight is 221 g/mol. The van der Waals surface area contributed by atoms with E-state index in [-0.39, 0.29) is 0 Å². The SMILES string of the molecule is C=C/C=C(\C=C)CCNC(=O)O.CC#CC. The van der Waals surface area contributed by atoms with Gasteiger partial charge in [0.1, 0.15) is 0 Å². The minimum atomic E-state index is -1.00. The summed E-state index contributed by atoms with van der Waals surface area (Å²) in [6.45, 7) is 11.2. The number of nitrogens with one attached hydrogen (secondary N) is 1. The van der Waals surface area contributed by atoms with E-state index >= 15 is 0 Å². The van der Waals surface area contributed by atoms with Crippen molar-refractivity contribution in [3.8, 4) is 11.8 Å². The van der Waals surface area contributed by atoms with Crippen LogP contribution in [0.4, 0.5) is 4.79 Å². The largest absolute Gasteiger partial charge is 0.465 e. The highest BCUT2D eigenvalue weighted by Gasteiger charge is 1.94. The third-order valence-corrected chi connectivity index (χ3v) is 1.53. The minimum Gasteiger partial charge on any atom is -0.465 e. The van der Waals surface area contributed by atoms with Gasteiger partial charge in [0.15, 0.2) is 0 Å². The van der Waals surface area contributed by atoms with E-state index in [4.69, 9.17) is 5.11 Å². The highest BCUT2D eigenvalue weighted by molar-refractivity contribution is 5.64. The topological polar surface area (TPSA) is 49.3 Å². The fourth-order valence-electron chi connectivity index (χ4n) is 0.719. The fourth-order valence-corrected chi connectivity index (χ4v) is 0.719. The first kappa shape index (κ1) is 16.5. The molecule has 0 unspecified atom stereocenters. The first-order chi connectivity index (χ1) is 7.62. The summed E-state index contributed by atoms with van der Waals surface area (Å²) in [5.41, 5.74) is 0.971. The monoisotopic (exact) mass is 221 g/mol. The molecule has 0 spiro atoms. The molecule has 3 heteroatoms. The Morgan fingerprint density at radius 1 is 1.38 bits per heavy atom. The molecular weight excluding hydrogens is 202 g/mol. The molecule has 0 aliphatic carbocycles. The Morgan fingerprint density at radius 2 is 1.94 bits per heavy atom. The molecular formula is C13H19NO2. The number of hydrogen-bond acceptors (Lipinski definition) is 1. The molecule has 0 heterocycles. The summed E-state index contributed by atoms with van der Waals surface area (Å²) >= 11 is 0. The summed E-state index contributed by atoms with van der Waals surface area (Å²) < 4.78 is 0. The van der Waals surface area contributed by atoms with Crippen LogP contribution in [0.2, 0.25) is 0 Å². The lowest BCUT2D eigenvalue weighted by atomic mass is 10.2. The lowest BCUT2D eigenvalue weighted by Gasteiger charge is -2.00. The van der Waals surface area contributed by atoms with Crippen molar-refractivity contribution in [3.63, 3.8) is 0 Å². The fraction of sp³-hybridized carbons (Fsp3) is 0.308. The average Bonchev–Trinajstić information content (AvgIpc) is 2.28. The molecule has 0 saturated heterocycles. The molecule has 0 bridgehead atoms. The molecule has 2 N–H and O–H groups in total. The van der Waals surface area contributed by atoms with Gasteiger partial charge in [-0.1, -0.05) is 31.4 Å². The summed E-state index contributed by atoms with van der Waals surface area (Å²) in [5, 5.41) is 10.5. The number of rotatable bonds is 5. The van der Waals surface area contributed by atoms with Crippen LogP contribution in [0.3, 0.4) is 0 Å². The van der Waals surface area contributed by atoms with E-state index in [1.54, 1.807) is 18.2 Å². The first-order valence-corrected chi connectivity index (χ1v) is 4.86. The maximum absolute atomic E-state index is 10.1. The predicted molar refractivity (Wildman–Crippen MR) is 68.2 cm³/mol. The molecule has 0 atom stereocenters. The molecule has 16 heavy (non-hydrogen) atoms. The van der Waals surface area contributed by atoms with E-state index in [1.165, 1.54) is 0 Å². The summed E-state index contributed by atoms with van der Waals surface area (Å²) in [6, 6.07) is 0. The van der Waals surface area contributed by atoms with E-state index in [0.29, 0.717) is 13.0 Å². The maximum Gasteiger partial charge on any atom is 0.404 e. The lowest BCUT2D eigenvalue weighted by Crippen LogP contribution is -2.21. The van der Waals surface area contributed by atoms with E-state index < -0.39 is 6.09 Å². The Bertz CT molecular complexity index is 300. The van der Waals surface area contributed by atoms with Crippen LogP contribution in [0, 0.1) is 11.8 Å². The molecule has 88 valence electrons. The van der Waals surface area contributed by atoms with Crippen molar-refractivity contribution < 1.29 is 9.90 Å². The standard InChI is InChI=1S/C9H13NO2.C4H6/c1-3-5-8(4-2)6-7-10-9(11)12;1-3-4-2/h3-5,10H,1-2,6-7H2,(H,11,12);1-2H3/b8-5+;. The summed E-state index contributed by atoms with van der Waals surface area (Å²) in [5.74, 6) is 5.36. The molecule has 0 aromatic rings. The van der Waals surface area contributed by atoms with Crippen LogP contribution >= 0.6 is 0 Å². The number of carbonyl (C=O) groups is 1. The number of hydrogen-bond donors (Lipinski definition) is 2. The second kappa shape index (κ2) is 13.1. The van der Waals surface area contributed by atoms with Crippen molar-refractivity contribution >= 4 is 6.09 Å². The van der Waals surface area contributed by atoms with Gasteiger partial charge in [-0.3, -0.25) is 0 Å². The van der Waals surface area contributed by atoms with Crippen molar-refractivity contribution in [2.45, 2.75) is 20.3 Å². The van der Waals surface area contributed by atoms with Crippen molar-refractivity contribution in [1.82, 2.24) is 5.32 Å². The maximum atomic E-state index is 10.1. The molecule has 0 fully saturated rings. The molecule has 0 radical (unpaired) electrons. The molecule has 0 aliphatic heterocycles. The Morgan fingerprint density at radius 3 is 2.25 bits per heavy atom. The zero-order valence-corrected chi connectivity index (χ0v) is 9.92. The quantitative estimate of drug-likeness (QED) is 0.554. The van der Waals surface area contributed by atoms with Gasteiger partial charge in [-0.05, 0) is 25.8 Å². The zero-order valence-electron chi connectivity index (χ0n) is 9.92. The van der Waals surface area contributed by atoms with Crippen LogP contribution in [0.15, 0.2) is 37.0 Å².